The molecule has 5 nitrogen and oxygen atoms in total. The topological polar surface area (TPSA) is 50.2 Å². The van der Waals surface area contributed by atoms with Crippen molar-refractivity contribution in [1.82, 2.24) is 15.1 Å². The fraction of sp³-hybridized carbons (Fsp3) is 0.733. The molecule has 0 amide bonds. The zero-order chi connectivity index (χ0) is 15.0. The molecule has 0 aromatic carbocycles. The highest BCUT2D eigenvalue weighted by Crippen LogP contribution is 2.07. The Morgan fingerprint density at radius 1 is 1.45 bits per heavy atom. The average molecular weight is 280 g/mol. The van der Waals surface area contributed by atoms with Gasteiger partial charge in [-0.3, -0.25) is 4.79 Å². The molecule has 0 bridgehead atoms. The van der Waals surface area contributed by atoms with Crippen LogP contribution >= 0.6 is 0 Å². The molecule has 1 aromatic rings. The third-order valence-electron chi connectivity index (χ3n) is 3.60. The second kappa shape index (κ2) is 8.74. The number of aryl methyl sites for hydroxylation is 1. The Labute approximate surface area is 122 Å². The van der Waals surface area contributed by atoms with Crippen LogP contribution in [0.1, 0.15) is 39.5 Å². The molecule has 0 spiro atoms. The molecule has 20 heavy (non-hydrogen) atoms. The van der Waals surface area contributed by atoms with Crippen molar-refractivity contribution in [1.29, 1.82) is 0 Å². The number of nitrogens with one attached hydrogen (secondary N) is 1. The summed E-state index contributed by atoms with van der Waals surface area (Å²) in [6, 6.07) is 2.21. The van der Waals surface area contributed by atoms with Gasteiger partial charge in [-0.05, 0) is 33.2 Å². The van der Waals surface area contributed by atoms with E-state index in [9.17, 15) is 4.79 Å². The lowest BCUT2D eigenvalue weighted by Gasteiger charge is -2.17. The van der Waals surface area contributed by atoms with Crippen molar-refractivity contribution in [3.8, 4) is 0 Å². The molecule has 0 aliphatic heterocycles. The van der Waals surface area contributed by atoms with Gasteiger partial charge < -0.3 is 10.2 Å². The molecule has 1 heterocycles. The van der Waals surface area contributed by atoms with Crippen molar-refractivity contribution < 1.29 is 0 Å². The molecule has 1 rings (SSSR count). The zero-order valence-electron chi connectivity index (χ0n) is 13.2. The predicted octanol–water partition coefficient (Wildman–Crippen LogP) is 1.87. The first-order valence-electron chi connectivity index (χ1n) is 7.54. The molecule has 0 radical (unpaired) electrons. The minimum absolute atomic E-state index is 0.00730. The Hall–Kier alpha value is -1.36. The molecule has 0 fully saturated rings. The maximum absolute atomic E-state index is 12.0. The van der Waals surface area contributed by atoms with E-state index in [0.29, 0.717) is 12.6 Å². The van der Waals surface area contributed by atoms with Gasteiger partial charge in [0.05, 0.1) is 11.9 Å². The highest BCUT2D eigenvalue weighted by Gasteiger charge is 2.04. The first kappa shape index (κ1) is 16.7. The number of anilines is 1. The fourth-order valence-corrected chi connectivity index (χ4v) is 2.12. The Bertz CT molecular complexity index is 444. The Morgan fingerprint density at radius 2 is 2.20 bits per heavy atom. The van der Waals surface area contributed by atoms with Gasteiger partial charge in [0.2, 0.25) is 0 Å². The van der Waals surface area contributed by atoms with E-state index in [0.717, 1.165) is 37.9 Å². The number of unbranched alkanes of at least 4 members (excludes halogenated alkanes) is 1. The highest BCUT2D eigenvalue weighted by molar-refractivity contribution is 5.41. The molecular weight excluding hydrogens is 252 g/mol. The molecule has 1 N–H and O–H groups in total. The third kappa shape index (κ3) is 5.33. The molecule has 1 aromatic heterocycles. The smallest absolute Gasteiger partial charge is 0.268 e. The van der Waals surface area contributed by atoms with Gasteiger partial charge in [-0.15, -0.1) is 0 Å². The average Bonchev–Trinajstić information content (AvgIpc) is 2.44. The minimum atomic E-state index is -0.00730. The van der Waals surface area contributed by atoms with Gasteiger partial charge in [0, 0.05) is 32.2 Å². The summed E-state index contributed by atoms with van der Waals surface area (Å²) in [5.41, 5.74) is 0.893. The summed E-state index contributed by atoms with van der Waals surface area (Å²) in [4.78, 5) is 14.1. The van der Waals surface area contributed by atoms with Gasteiger partial charge in [0.15, 0.2) is 0 Å². The second-order valence-corrected chi connectivity index (χ2v) is 5.38. The van der Waals surface area contributed by atoms with Crippen molar-refractivity contribution >= 4 is 5.69 Å². The number of aromatic nitrogens is 2. The number of hydrogen-bond donors (Lipinski definition) is 1. The molecule has 5 heteroatoms. The highest BCUT2D eigenvalue weighted by atomic mass is 16.1. The van der Waals surface area contributed by atoms with E-state index in [-0.39, 0.29) is 5.56 Å². The minimum Gasteiger partial charge on any atom is -0.373 e. The molecule has 1 atom stereocenters. The van der Waals surface area contributed by atoms with E-state index >= 15 is 0 Å². The van der Waals surface area contributed by atoms with Crippen molar-refractivity contribution in [2.45, 2.75) is 52.1 Å². The molecular formula is C15H28N4O. The summed E-state index contributed by atoms with van der Waals surface area (Å²) in [7, 11) is 3.96. The monoisotopic (exact) mass is 280 g/mol. The lowest BCUT2D eigenvalue weighted by atomic mass is 10.1. The summed E-state index contributed by atoms with van der Waals surface area (Å²) in [6.07, 6.45) is 6.07. The van der Waals surface area contributed by atoms with Crippen molar-refractivity contribution in [2.24, 2.45) is 0 Å². The summed E-state index contributed by atoms with van der Waals surface area (Å²) >= 11 is 0. The summed E-state index contributed by atoms with van der Waals surface area (Å²) in [5, 5.41) is 7.48. The SMILES string of the molecule is CCCN(C)c1cnn(CCCCC(C)NC)c(=O)c1. The van der Waals surface area contributed by atoms with E-state index in [1.807, 2.05) is 14.1 Å². The van der Waals surface area contributed by atoms with Crippen molar-refractivity contribution in [3.05, 3.63) is 22.6 Å². The first-order valence-corrected chi connectivity index (χ1v) is 7.54. The normalized spacial score (nSPS) is 12.4. The van der Waals surface area contributed by atoms with E-state index in [1.54, 1.807) is 16.9 Å². The Morgan fingerprint density at radius 3 is 2.80 bits per heavy atom. The van der Waals surface area contributed by atoms with Crippen LogP contribution in [0.4, 0.5) is 5.69 Å². The van der Waals surface area contributed by atoms with Crippen LogP contribution in [0.2, 0.25) is 0 Å². The summed E-state index contributed by atoms with van der Waals surface area (Å²) in [5.74, 6) is 0. The van der Waals surface area contributed by atoms with Crippen LogP contribution in [0.15, 0.2) is 17.1 Å². The van der Waals surface area contributed by atoms with E-state index in [1.165, 1.54) is 0 Å². The van der Waals surface area contributed by atoms with Crippen LogP contribution in [-0.4, -0.2) is 36.5 Å². The van der Waals surface area contributed by atoms with Crippen LogP contribution in [0.25, 0.3) is 0 Å². The maximum atomic E-state index is 12.0. The van der Waals surface area contributed by atoms with Crippen molar-refractivity contribution in [2.75, 3.05) is 25.5 Å². The van der Waals surface area contributed by atoms with E-state index < -0.39 is 0 Å². The Balaban J connectivity index is 2.50. The molecule has 114 valence electrons. The Kier molecular flexibility index (Phi) is 7.30. The largest absolute Gasteiger partial charge is 0.373 e. The lowest BCUT2D eigenvalue weighted by molar-refractivity contribution is 0.479. The van der Waals surface area contributed by atoms with E-state index in [2.05, 4.69) is 29.2 Å². The lowest BCUT2D eigenvalue weighted by Crippen LogP contribution is -2.26. The summed E-state index contributed by atoms with van der Waals surface area (Å²) < 4.78 is 1.56. The molecule has 0 saturated heterocycles. The number of rotatable bonds is 9. The van der Waals surface area contributed by atoms with Gasteiger partial charge in [0.1, 0.15) is 0 Å². The van der Waals surface area contributed by atoms with Crippen LogP contribution < -0.4 is 15.8 Å². The van der Waals surface area contributed by atoms with Crippen LogP contribution in [0.5, 0.6) is 0 Å². The molecule has 0 aliphatic carbocycles. The van der Waals surface area contributed by atoms with Gasteiger partial charge in [-0.25, -0.2) is 4.68 Å². The standard InChI is InChI=1S/C15H28N4O/c1-5-9-18(4)14-11-15(20)19(17-12-14)10-7-6-8-13(2)16-3/h11-13,16H,5-10H2,1-4H3. The molecule has 1 unspecified atom stereocenters. The van der Waals surface area contributed by atoms with Crippen LogP contribution in [0.3, 0.4) is 0 Å². The molecule has 0 aliphatic rings. The van der Waals surface area contributed by atoms with E-state index in [4.69, 9.17) is 0 Å². The van der Waals surface area contributed by atoms with Crippen LogP contribution in [-0.2, 0) is 6.54 Å². The van der Waals surface area contributed by atoms with Gasteiger partial charge in [-0.2, -0.15) is 5.10 Å². The number of nitrogens with zero attached hydrogens (tertiary/aromatic N) is 3. The van der Waals surface area contributed by atoms with Crippen LogP contribution in [0, 0.1) is 0 Å². The summed E-state index contributed by atoms with van der Waals surface area (Å²) in [6.45, 7) is 5.93. The zero-order valence-corrected chi connectivity index (χ0v) is 13.2. The van der Waals surface area contributed by atoms with Gasteiger partial charge in [0.25, 0.3) is 5.56 Å². The van der Waals surface area contributed by atoms with Crippen molar-refractivity contribution in [3.63, 3.8) is 0 Å². The molecule has 0 saturated carbocycles. The van der Waals surface area contributed by atoms with Gasteiger partial charge in [-0.1, -0.05) is 13.3 Å². The predicted molar refractivity (Wildman–Crippen MR) is 84.4 cm³/mol. The quantitative estimate of drug-likeness (QED) is 0.702. The fourth-order valence-electron chi connectivity index (χ4n) is 2.12. The van der Waals surface area contributed by atoms with Gasteiger partial charge >= 0.3 is 0 Å². The second-order valence-electron chi connectivity index (χ2n) is 5.38. The maximum Gasteiger partial charge on any atom is 0.268 e. The third-order valence-corrected chi connectivity index (χ3v) is 3.60. The first-order chi connectivity index (χ1) is 9.58. The number of hydrogen-bond acceptors (Lipinski definition) is 4.